The maximum Gasteiger partial charge on any atom is 0.417 e. The number of hydrogen-bond acceptors (Lipinski definition) is 6. The number of amides is 1. The fourth-order valence-corrected chi connectivity index (χ4v) is 4.64. The fourth-order valence-electron chi connectivity index (χ4n) is 4.64. The molecule has 0 saturated heterocycles. The van der Waals surface area contributed by atoms with Gasteiger partial charge in [0.15, 0.2) is 0 Å². The van der Waals surface area contributed by atoms with Gasteiger partial charge >= 0.3 is 12.1 Å². The van der Waals surface area contributed by atoms with E-state index in [1.54, 1.807) is 0 Å². The van der Waals surface area contributed by atoms with Crippen LogP contribution in [0.1, 0.15) is 60.5 Å². The first-order chi connectivity index (χ1) is 17.2. The summed E-state index contributed by atoms with van der Waals surface area (Å²) in [6.07, 6.45) is 2.65. The quantitative estimate of drug-likeness (QED) is 0.488. The second kappa shape index (κ2) is 10.5. The summed E-state index contributed by atoms with van der Waals surface area (Å²) in [5.74, 6) is -0.944. The molecule has 36 heavy (non-hydrogen) atoms. The van der Waals surface area contributed by atoms with Gasteiger partial charge in [0.2, 0.25) is 5.91 Å². The lowest BCUT2D eigenvalue weighted by atomic mass is 9.84. The van der Waals surface area contributed by atoms with E-state index in [0.29, 0.717) is 0 Å². The van der Waals surface area contributed by atoms with Gasteiger partial charge in [-0.1, -0.05) is 38.2 Å². The Morgan fingerprint density at radius 1 is 1.14 bits per heavy atom. The number of pyridine rings is 1. The number of nitrogens with one attached hydrogen (secondary N) is 1. The van der Waals surface area contributed by atoms with Crippen molar-refractivity contribution >= 4 is 28.6 Å². The summed E-state index contributed by atoms with van der Waals surface area (Å²) in [6, 6.07) is 5.09. The maximum atomic E-state index is 13.7. The van der Waals surface area contributed by atoms with Crippen molar-refractivity contribution in [3.05, 3.63) is 64.3 Å². The van der Waals surface area contributed by atoms with E-state index in [1.807, 2.05) is 0 Å². The monoisotopic (exact) mass is 502 g/mol. The molecule has 1 saturated carbocycles. The molecule has 4 rings (SSSR count). The predicted octanol–water partition coefficient (Wildman–Crippen LogP) is 4.75. The van der Waals surface area contributed by atoms with Gasteiger partial charge in [-0.05, 0) is 36.6 Å². The summed E-state index contributed by atoms with van der Waals surface area (Å²) in [6.45, 7) is 0. The molecule has 0 radical (unpaired) electrons. The van der Waals surface area contributed by atoms with Crippen LogP contribution in [0, 0.1) is 5.92 Å². The number of ether oxygens (including phenoxy) is 1. The number of anilines is 1. The third kappa shape index (κ3) is 5.39. The Bertz CT molecular complexity index is 1320. The molecule has 8 nitrogen and oxygen atoms in total. The summed E-state index contributed by atoms with van der Waals surface area (Å²) in [4.78, 5) is 46.5. The first kappa shape index (κ1) is 25.3. The molecular weight excluding hydrogens is 477 g/mol. The van der Waals surface area contributed by atoms with Crippen molar-refractivity contribution in [3.63, 3.8) is 0 Å². The van der Waals surface area contributed by atoms with Crippen molar-refractivity contribution in [1.82, 2.24) is 14.5 Å². The van der Waals surface area contributed by atoms with E-state index in [2.05, 4.69) is 20.0 Å². The second-order valence-corrected chi connectivity index (χ2v) is 8.82. The van der Waals surface area contributed by atoms with Gasteiger partial charge in [-0.2, -0.15) is 13.2 Å². The number of hydrogen-bond donors (Lipinski definition) is 1. The molecule has 2 heterocycles. The number of carbonyl (C=O) groups is 2. The van der Waals surface area contributed by atoms with Crippen LogP contribution in [0.4, 0.5) is 19.0 Å². The SMILES string of the molecule is COC(=O)c1ccc(NC(=O)C(CC2CCCCC2)n2cnc3cccc(C(F)(F)F)c3c2=O)nc1. The van der Waals surface area contributed by atoms with Gasteiger partial charge in [0.1, 0.15) is 11.9 Å². The van der Waals surface area contributed by atoms with Crippen LogP contribution in [0.5, 0.6) is 0 Å². The molecule has 1 aliphatic carbocycles. The van der Waals surface area contributed by atoms with Crippen molar-refractivity contribution in [3.8, 4) is 0 Å². The highest BCUT2D eigenvalue weighted by Gasteiger charge is 2.35. The number of aromatic nitrogens is 3. The topological polar surface area (TPSA) is 103 Å². The van der Waals surface area contributed by atoms with Crippen molar-refractivity contribution in [2.24, 2.45) is 5.92 Å². The largest absolute Gasteiger partial charge is 0.465 e. The van der Waals surface area contributed by atoms with E-state index >= 15 is 0 Å². The number of benzene rings is 1. The number of halogens is 3. The van der Waals surface area contributed by atoms with Crippen LogP contribution in [0.15, 0.2) is 47.7 Å². The van der Waals surface area contributed by atoms with Crippen molar-refractivity contribution in [2.45, 2.75) is 50.7 Å². The molecule has 1 aliphatic rings. The molecule has 0 bridgehead atoms. The molecular formula is C25H25F3N4O4. The fraction of sp³-hybridized carbons (Fsp3) is 0.400. The average Bonchev–Trinajstić information content (AvgIpc) is 2.87. The standard InChI is InChI=1S/C25H25F3N4O4/c1-36-24(35)16-10-11-20(29-13-16)31-22(33)19(12-15-6-3-2-4-7-15)32-14-30-18-9-5-8-17(25(26,27)28)21(18)23(32)34/h5,8-11,13-15,19H,2-4,6-7,12H2,1H3,(H,29,31,33). The van der Waals surface area contributed by atoms with E-state index in [-0.39, 0.29) is 29.2 Å². The highest BCUT2D eigenvalue weighted by molar-refractivity contribution is 5.94. The minimum Gasteiger partial charge on any atom is -0.465 e. The van der Waals surface area contributed by atoms with Gasteiger partial charge in [0.25, 0.3) is 5.56 Å². The number of fused-ring (bicyclic) bond motifs is 1. The minimum atomic E-state index is -4.76. The maximum absolute atomic E-state index is 13.7. The normalized spacial score (nSPS) is 15.4. The van der Waals surface area contributed by atoms with E-state index < -0.39 is 40.6 Å². The molecule has 0 spiro atoms. The Labute approximate surface area is 204 Å². The van der Waals surface area contributed by atoms with Crippen LogP contribution in [-0.2, 0) is 15.7 Å². The first-order valence-electron chi connectivity index (χ1n) is 11.6. The van der Waals surface area contributed by atoms with E-state index in [9.17, 15) is 27.6 Å². The van der Waals surface area contributed by atoms with Gasteiger partial charge < -0.3 is 10.1 Å². The number of methoxy groups -OCH3 is 1. The second-order valence-electron chi connectivity index (χ2n) is 8.82. The van der Waals surface area contributed by atoms with Crippen LogP contribution in [0.25, 0.3) is 10.9 Å². The summed E-state index contributed by atoms with van der Waals surface area (Å²) in [7, 11) is 1.23. The number of carbonyl (C=O) groups excluding carboxylic acids is 2. The lowest BCUT2D eigenvalue weighted by Gasteiger charge is -2.27. The molecule has 1 aromatic carbocycles. The molecule has 1 unspecified atom stereocenters. The summed E-state index contributed by atoms with van der Waals surface area (Å²) >= 11 is 0. The van der Waals surface area contributed by atoms with Crippen LogP contribution in [0.3, 0.4) is 0 Å². The lowest BCUT2D eigenvalue weighted by Crippen LogP contribution is -2.36. The molecule has 3 aromatic rings. The third-order valence-corrected chi connectivity index (χ3v) is 6.47. The van der Waals surface area contributed by atoms with E-state index in [4.69, 9.17) is 0 Å². The summed E-state index contributed by atoms with van der Waals surface area (Å²) < 4.78 is 46.6. The molecule has 190 valence electrons. The molecule has 1 fully saturated rings. The lowest BCUT2D eigenvalue weighted by molar-refractivity contribution is -0.136. The molecule has 1 atom stereocenters. The van der Waals surface area contributed by atoms with Crippen LogP contribution < -0.4 is 10.9 Å². The van der Waals surface area contributed by atoms with Gasteiger partial charge in [0, 0.05) is 6.20 Å². The van der Waals surface area contributed by atoms with Gasteiger partial charge in [-0.15, -0.1) is 0 Å². The minimum absolute atomic E-state index is 0.0945. The third-order valence-electron chi connectivity index (χ3n) is 6.47. The Hall–Kier alpha value is -3.76. The Balaban J connectivity index is 1.72. The number of esters is 1. The Morgan fingerprint density at radius 3 is 2.53 bits per heavy atom. The Kier molecular flexibility index (Phi) is 7.37. The van der Waals surface area contributed by atoms with Gasteiger partial charge in [-0.3, -0.25) is 14.2 Å². The van der Waals surface area contributed by atoms with Crippen LogP contribution in [-0.4, -0.2) is 33.5 Å². The first-order valence-corrected chi connectivity index (χ1v) is 11.6. The van der Waals surface area contributed by atoms with E-state index in [0.717, 1.165) is 49.1 Å². The van der Waals surface area contributed by atoms with Crippen LogP contribution >= 0.6 is 0 Å². The van der Waals surface area contributed by atoms with E-state index in [1.165, 1.54) is 37.6 Å². The van der Waals surface area contributed by atoms with Crippen LogP contribution in [0.2, 0.25) is 0 Å². The van der Waals surface area contributed by atoms with Crippen molar-refractivity contribution in [2.75, 3.05) is 12.4 Å². The zero-order valence-electron chi connectivity index (χ0n) is 19.5. The molecule has 0 aliphatic heterocycles. The highest BCUT2D eigenvalue weighted by Crippen LogP contribution is 2.34. The smallest absolute Gasteiger partial charge is 0.417 e. The van der Waals surface area contributed by atoms with Gasteiger partial charge in [0.05, 0.1) is 35.5 Å². The number of rotatable bonds is 6. The zero-order chi connectivity index (χ0) is 25.9. The van der Waals surface area contributed by atoms with Gasteiger partial charge in [-0.25, -0.2) is 14.8 Å². The average molecular weight is 502 g/mol. The van der Waals surface area contributed by atoms with Crippen molar-refractivity contribution in [1.29, 1.82) is 0 Å². The van der Waals surface area contributed by atoms with Crippen molar-refractivity contribution < 1.29 is 27.5 Å². The predicted molar refractivity (Wildman–Crippen MR) is 125 cm³/mol. The molecule has 2 aromatic heterocycles. The molecule has 1 amide bonds. The number of nitrogens with zero attached hydrogens (tertiary/aromatic N) is 3. The number of alkyl halides is 3. The highest BCUT2D eigenvalue weighted by atomic mass is 19.4. The Morgan fingerprint density at radius 2 is 1.89 bits per heavy atom. The molecule has 11 heteroatoms. The summed E-state index contributed by atoms with van der Waals surface area (Å²) in [5.41, 5.74) is -1.94. The zero-order valence-corrected chi connectivity index (χ0v) is 19.5. The summed E-state index contributed by atoms with van der Waals surface area (Å²) in [5, 5.41) is 2.05. The molecule has 1 N–H and O–H groups in total.